The first-order valence-corrected chi connectivity index (χ1v) is 13.5. The molecule has 5 heterocycles. The van der Waals surface area contributed by atoms with Gasteiger partial charge in [0.05, 0.1) is 36.1 Å². The number of nitrogens with one attached hydrogen (secondary N) is 1. The number of ether oxygens (including phenoxy) is 1. The van der Waals surface area contributed by atoms with Crippen LogP contribution in [0.15, 0.2) is 18.2 Å². The number of piperidine rings is 1. The van der Waals surface area contributed by atoms with Crippen LogP contribution in [0.1, 0.15) is 71.7 Å². The predicted molar refractivity (Wildman–Crippen MR) is 135 cm³/mol. The monoisotopic (exact) mass is 487 g/mol. The Morgan fingerprint density at radius 1 is 1.14 bits per heavy atom. The van der Waals surface area contributed by atoms with Crippen molar-refractivity contribution >= 4 is 33.2 Å². The van der Waals surface area contributed by atoms with E-state index in [1.807, 2.05) is 12.1 Å². The van der Waals surface area contributed by atoms with Crippen molar-refractivity contribution in [2.75, 3.05) is 31.2 Å². The first-order chi connectivity index (χ1) is 17.0. The number of rotatable bonds is 2. The minimum absolute atomic E-state index is 0.0498. The van der Waals surface area contributed by atoms with Gasteiger partial charge >= 0.3 is 0 Å². The molecule has 2 unspecified atom stereocenters. The Kier molecular flexibility index (Phi) is 4.70. The molecule has 1 aromatic carbocycles. The Hall–Kier alpha value is -2.73. The number of carbonyl (C=O) groups excluding carboxylic acids is 1. The highest BCUT2D eigenvalue weighted by atomic mass is 32.1. The number of hydrogen-bond acceptors (Lipinski definition) is 7. The summed E-state index contributed by atoms with van der Waals surface area (Å²) < 4.78 is 5.79. The second-order valence-corrected chi connectivity index (χ2v) is 11.9. The number of nitrogens with zero attached hydrogens (tertiary/aromatic N) is 4. The number of anilines is 1. The SMILES string of the molecule is CC1(C)c2nc(N3CCC(N4C5CCC4COC5)CC3)sc2C(=O)c2c1[nH]c1cc(C#N)ccc21. The van der Waals surface area contributed by atoms with Gasteiger partial charge in [0.15, 0.2) is 5.13 Å². The lowest BCUT2D eigenvalue weighted by Gasteiger charge is -2.44. The largest absolute Gasteiger partial charge is 0.378 e. The summed E-state index contributed by atoms with van der Waals surface area (Å²) in [7, 11) is 0. The third-order valence-corrected chi connectivity index (χ3v) is 9.76. The van der Waals surface area contributed by atoms with Crippen LogP contribution in [0.5, 0.6) is 0 Å². The molecule has 3 aliphatic heterocycles. The van der Waals surface area contributed by atoms with E-state index in [-0.39, 0.29) is 5.78 Å². The van der Waals surface area contributed by atoms with E-state index < -0.39 is 5.41 Å². The van der Waals surface area contributed by atoms with Gasteiger partial charge in [0.1, 0.15) is 4.88 Å². The van der Waals surface area contributed by atoms with Gasteiger partial charge in [-0.3, -0.25) is 9.69 Å². The van der Waals surface area contributed by atoms with Crippen LogP contribution in [-0.2, 0) is 10.2 Å². The fourth-order valence-corrected chi connectivity index (χ4v) is 8.06. The minimum Gasteiger partial charge on any atom is -0.378 e. The van der Waals surface area contributed by atoms with Crippen molar-refractivity contribution in [3.05, 3.63) is 45.6 Å². The van der Waals surface area contributed by atoms with E-state index in [4.69, 9.17) is 9.72 Å². The molecule has 0 radical (unpaired) electrons. The van der Waals surface area contributed by atoms with Gasteiger partial charge in [-0.2, -0.15) is 5.26 Å². The summed E-state index contributed by atoms with van der Waals surface area (Å²) in [6.45, 7) is 8.02. The molecule has 2 bridgehead atoms. The molecule has 7 nitrogen and oxygen atoms in total. The highest BCUT2D eigenvalue weighted by molar-refractivity contribution is 7.18. The molecule has 2 atom stereocenters. The van der Waals surface area contributed by atoms with Crippen molar-refractivity contribution < 1.29 is 9.53 Å². The number of aromatic amines is 1. The number of morpholine rings is 1. The summed E-state index contributed by atoms with van der Waals surface area (Å²) in [4.78, 5) is 28.2. The molecule has 3 saturated heterocycles. The molecule has 3 aromatic rings. The van der Waals surface area contributed by atoms with E-state index in [1.54, 1.807) is 17.4 Å². The van der Waals surface area contributed by atoms with Crippen LogP contribution >= 0.6 is 11.3 Å². The Balaban J connectivity index is 1.17. The van der Waals surface area contributed by atoms with Crippen LogP contribution in [0.25, 0.3) is 10.9 Å². The average Bonchev–Trinajstić information content (AvgIpc) is 3.55. The first-order valence-electron chi connectivity index (χ1n) is 12.7. The summed E-state index contributed by atoms with van der Waals surface area (Å²) in [5.41, 5.74) is 3.52. The number of fused-ring (bicyclic) bond motifs is 6. The number of benzene rings is 1. The summed E-state index contributed by atoms with van der Waals surface area (Å²) >= 11 is 1.55. The maximum Gasteiger partial charge on any atom is 0.207 e. The zero-order valence-electron chi connectivity index (χ0n) is 20.1. The molecule has 4 aliphatic rings. The van der Waals surface area contributed by atoms with Crippen molar-refractivity contribution in [1.29, 1.82) is 5.26 Å². The van der Waals surface area contributed by atoms with Crippen LogP contribution in [0.4, 0.5) is 5.13 Å². The summed E-state index contributed by atoms with van der Waals surface area (Å²) in [6, 6.07) is 9.53. The minimum atomic E-state index is -0.412. The number of carbonyl (C=O) groups is 1. The Morgan fingerprint density at radius 2 is 1.89 bits per heavy atom. The number of hydrogen-bond donors (Lipinski definition) is 1. The van der Waals surface area contributed by atoms with Crippen LogP contribution in [0, 0.1) is 11.3 Å². The topological polar surface area (TPSA) is 85.2 Å². The van der Waals surface area contributed by atoms with Gasteiger partial charge in [-0.05, 0) is 51.7 Å². The molecule has 35 heavy (non-hydrogen) atoms. The molecular formula is C27H29N5O2S. The van der Waals surface area contributed by atoms with E-state index in [9.17, 15) is 10.1 Å². The molecule has 0 saturated carbocycles. The fourth-order valence-electron chi connectivity index (χ4n) is 6.84. The number of thiazole rings is 1. The highest BCUT2D eigenvalue weighted by Gasteiger charge is 2.45. The van der Waals surface area contributed by atoms with Crippen molar-refractivity contribution in [2.24, 2.45) is 0 Å². The van der Waals surface area contributed by atoms with E-state index in [2.05, 4.69) is 34.7 Å². The molecule has 3 fully saturated rings. The normalized spacial score (nSPS) is 26.1. The smallest absolute Gasteiger partial charge is 0.207 e. The third-order valence-electron chi connectivity index (χ3n) is 8.65. The third kappa shape index (κ3) is 3.08. The lowest BCUT2D eigenvalue weighted by atomic mass is 9.77. The second kappa shape index (κ2) is 7.63. The summed E-state index contributed by atoms with van der Waals surface area (Å²) in [5.74, 6) is 0.0498. The molecule has 8 heteroatoms. The number of nitriles is 1. The lowest BCUT2D eigenvalue weighted by molar-refractivity contribution is -0.0407. The Bertz CT molecular complexity index is 1370. The molecule has 180 valence electrons. The number of ketones is 1. The molecule has 0 spiro atoms. The van der Waals surface area contributed by atoms with Gasteiger partial charge < -0.3 is 14.6 Å². The lowest BCUT2D eigenvalue weighted by Crippen LogP contribution is -2.54. The average molecular weight is 488 g/mol. The van der Waals surface area contributed by atoms with Crippen molar-refractivity contribution in [2.45, 2.75) is 63.1 Å². The van der Waals surface area contributed by atoms with Crippen molar-refractivity contribution in [1.82, 2.24) is 14.9 Å². The van der Waals surface area contributed by atoms with Gasteiger partial charge in [0.2, 0.25) is 5.78 Å². The fraction of sp³-hybridized carbons (Fsp3) is 0.519. The van der Waals surface area contributed by atoms with Gasteiger partial charge in [0, 0.05) is 53.2 Å². The number of aromatic nitrogens is 2. The predicted octanol–water partition coefficient (Wildman–Crippen LogP) is 4.20. The number of H-pyrrole nitrogens is 1. The Morgan fingerprint density at radius 3 is 2.60 bits per heavy atom. The second-order valence-electron chi connectivity index (χ2n) is 11.0. The van der Waals surface area contributed by atoms with Crippen LogP contribution in [0.2, 0.25) is 0 Å². The van der Waals surface area contributed by atoms with E-state index in [0.29, 0.717) is 23.7 Å². The maximum absolute atomic E-state index is 13.7. The van der Waals surface area contributed by atoms with Gasteiger partial charge in [-0.15, -0.1) is 0 Å². The molecule has 0 amide bonds. The Labute approximate surface area is 208 Å². The molecule has 2 aromatic heterocycles. The zero-order chi connectivity index (χ0) is 23.9. The molecule has 7 rings (SSSR count). The van der Waals surface area contributed by atoms with Crippen molar-refractivity contribution in [3.63, 3.8) is 0 Å². The molecular weight excluding hydrogens is 458 g/mol. The van der Waals surface area contributed by atoms with E-state index >= 15 is 0 Å². The molecule has 1 aliphatic carbocycles. The van der Waals surface area contributed by atoms with Crippen LogP contribution in [-0.4, -0.2) is 65.1 Å². The summed E-state index contributed by atoms with van der Waals surface area (Å²) in [6.07, 6.45) is 4.82. The van der Waals surface area contributed by atoms with Crippen LogP contribution < -0.4 is 4.90 Å². The highest BCUT2D eigenvalue weighted by Crippen LogP contribution is 2.47. The maximum atomic E-state index is 13.7. The van der Waals surface area contributed by atoms with E-state index in [0.717, 1.165) is 77.0 Å². The molecule has 1 N–H and O–H groups in total. The van der Waals surface area contributed by atoms with Crippen molar-refractivity contribution in [3.8, 4) is 6.07 Å². The standard InChI is InChI=1S/C27H29N5O2S/c1-27(2)24-21(19-6-3-15(12-28)11-20(19)29-24)22(33)23-25(27)30-26(35-23)31-9-7-16(8-10-31)32-17-4-5-18(32)14-34-13-17/h3,6,11,16-18,29H,4-5,7-10,13-14H2,1-2H3. The first kappa shape index (κ1) is 21.5. The van der Waals surface area contributed by atoms with Crippen LogP contribution in [0.3, 0.4) is 0 Å². The van der Waals surface area contributed by atoms with E-state index in [1.165, 1.54) is 12.8 Å². The summed E-state index contributed by atoms with van der Waals surface area (Å²) in [5, 5.41) is 11.1. The van der Waals surface area contributed by atoms with Gasteiger partial charge in [-0.1, -0.05) is 17.4 Å². The quantitative estimate of drug-likeness (QED) is 0.583. The van der Waals surface area contributed by atoms with Gasteiger partial charge in [0.25, 0.3) is 0 Å². The zero-order valence-corrected chi connectivity index (χ0v) is 21.0. The van der Waals surface area contributed by atoms with Gasteiger partial charge in [-0.25, -0.2) is 4.98 Å².